The third-order valence-electron chi connectivity index (χ3n) is 6.10. The zero-order valence-electron chi connectivity index (χ0n) is 23.6. The number of nitro benzene ring substituents is 1. The van der Waals surface area contributed by atoms with Crippen LogP contribution in [0.3, 0.4) is 0 Å². The summed E-state index contributed by atoms with van der Waals surface area (Å²) in [6, 6.07) is 6.66. The molecule has 0 aliphatic carbocycles. The predicted molar refractivity (Wildman–Crippen MR) is 147 cm³/mol. The van der Waals surface area contributed by atoms with Crippen molar-refractivity contribution in [2.24, 2.45) is 0 Å². The monoisotopic (exact) mass is 666 g/mol. The van der Waals surface area contributed by atoms with Gasteiger partial charge in [0, 0.05) is 12.1 Å². The van der Waals surface area contributed by atoms with Crippen LogP contribution in [-0.4, -0.2) is 37.3 Å². The van der Waals surface area contributed by atoms with Gasteiger partial charge in [-0.3, -0.25) is 10.1 Å². The van der Waals surface area contributed by atoms with E-state index in [1.54, 1.807) is 24.3 Å². The van der Waals surface area contributed by atoms with E-state index >= 15 is 0 Å². The molecule has 0 bridgehead atoms. The van der Waals surface area contributed by atoms with Gasteiger partial charge >= 0.3 is 11.0 Å². The number of unbranched alkanes of at least 4 members (excludes halogenated alkanes) is 11. The average molecular weight is 667 g/mol. The van der Waals surface area contributed by atoms with E-state index in [1.807, 2.05) is 10.8 Å². The van der Waals surface area contributed by atoms with E-state index in [4.69, 9.17) is 0 Å². The SMILES string of the molecule is CCCCCCCCCCCCCC[n+]1ccn(-c2ccc([N+](=O)[O-])cc2)c1.O=S(=O)([N-]S(=O)(=O)C(F)(F)F)C(F)(F)F. The molecular formula is C25H36F6N4O6S2. The average Bonchev–Trinajstić information content (AvgIpc) is 3.37. The first-order chi connectivity index (χ1) is 19.9. The van der Waals surface area contributed by atoms with Crippen molar-refractivity contribution in [1.82, 2.24) is 4.57 Å². The first-order valence-corrected chi connectivity index (χ1v) is 16.5. The van der Waals surface area contributed by atoms with Crippen LogP contribution in [0.2, 0.25) is 0 Å². The molecule has 1 aromatic heterocycles. The van der Waals surface area contributed by atoms with E-state index in [9.17, 15) is 53.3 Å². The molecule has 246 valence electrons. The van der Waals surface area contributed by atoms with Gasteiger partial charge in [-0.1, -0.05) is 71.1 Å². The standard InChI is InChI=1S/C23H36N3O2.C2F6NO4S2/c1-2-3-4-5-6-7-8-9-10-11-12-13-18-24-19-20-25(21-24)22-14-16-23(17-15-22)26(27)28;3-1(4,5)14(10,11)9-15(12,13)2(6,7)8/h14-17,19-21H,2-13,18H2,1H3;/q+1;-1. The first kappa shape index (κ1) is 38.3. The highest BCUT2D eigenvalue weighted by Gasteiger charge is 2.46. The molecule has 0 aliphatic rings. The van der Waals surface area contributed by atoms with E-state index in [1.165, 1.54) is 77.0 Å². The first-order valence-electron chi connectivity index (χ1n) is 13.6. The molecule has 0 saturated carbocycles. The normalized spacial score (nSPS) is 12.5. The van der Waals surface area contributed by atoms with Crippen molar-refractivity contribution in [3.8, 4) is 5.69 Å². The molecule has 0 unspecified atom stereocenters. The minimum Gasteiger partial charge on any atom is -0.421 e. The minimum atomic E-state index is -6.72. The fourth-order valence-corrected chi connectivity index (χ4v) is 5.48. The third kappa shape index (κ3) is 14.1. The van der Waals surface area contributed by atoms with Gasteiger partial charge in [0.15, 0.2) is 20.0 Å². The molecule has 43 heavy (non-hydrogen) atoms. The van der Waals surface area contributed by atoms with Crippen LogP contribution in [0, 0.1) is 10.1 Å². The summed E-state index contributed by atoms with van der Waals surface area (Å²) < 4.78 is 113. The van der Waals surface area contributed by atoms with Gasteiger partial charge in [-0.25, -0.2) is 26.0 Å². The Morgan fingerprint density at radius 1 is 0.767 bits per heavy atom. The fourth-order valence-electron chi connectivity index (χ4n) is 3.77. The lowest BCUT2D eigenvalue weighted by atomic mass is 10.1. The van der Waals surface area contributed by atoms with Gasteiger partial charge in [-0.05, 0) is 25.0 Å². The largest absolute Gasteiger partial charge is 0.480 e. The molecule has 2 aromatic rings. The Morgan fingerprint density at radius 2 is 1.19 bits per heavy atom. The van der Waals surface area contributed by atoms with Gasteiger partial charge in [0.1, 0.15) is 18.1 Å². The van der Waals surface area contributed by atoms with Crippen molar-refractivity contribution >= 4 is 25.7 Å². The summed E-state index contributed by atoms with van der Waals surface area (Å²) in [5, 5.41) is 10.7. The summed E-state index contributed by atoms with van der Waals surface area (Å²) >= 11 is 0. The number of hydrogen-bond donors (Lipinski definition) is 0. The van der Waals surface area contributed by atoms with Crippen LogP contribution in [0.5, 0.6) is 0 Å². The van der Waals surface area contributed by atoms with Crippen molar-refractivity contribution < 1.29 is 52.7 Å². The Kier molecular flexibility index (Phi) is 15.6. The zero-order valence-corrected chi connectivity index (χ0v) is 25.2. The number of rotatable bonds is 17. The lowest BCUT2D eigenvalue weighted by Crippen LogP contribution is -2.30. The molecule has 0 spiro atoms. The van der Waals surface area contributed by atoms with Crippen LogP contribution in [0.4, 0.5) is 32.0 Å². The summed E-state index contributed by atoms with van der Waals surface area (Å²) in [5.41, 5.74) is -11.3. The highest BCUT2D eigenvalue weighted by molar-refractivity contribution is 8.13. The number of benzene rings is 1. The maximum Gasteiger partial charge on any atom is 0.480 e. The molecular weight excluding hydrogens is 630 g/mol. The fraction of sp³-hybridized carbons (Fsp3) is 0.640. The molecule has 0 amide bonds. The molecule has 0 saturated heterocycles. The molecule has 0 N–H and O–H groups in total. The Labute approximate surface area is 247 Å². The Morgan fingerprint density at radius 3 is 1.58 bits per heavy atom. The van der Waals surface area contributed by atoms with Crippen LogP contribution in [0.1, 0.15) is 84.0 Å². The topological polar surface area (TPSA) is 134 Å². The Hall–Kier alpha value is -2.73. The summed E-state index contributed by atoms with van der Waals surface area (Å²) in [6.45, 7) is 3.30. The van der Waals surface area contributed by atoms with Crippen molar-refractivity contribution in [2.75, 3.05) is 0 Å². The van der Waals surface area contributed by atoms with Crippen molar-refractivity contribution in [1.29, 1.82) is 0 Å². The predicted octanol–water partition coefficient (Wildman–Crippen LogP) is 7.43. The highest BCUT2D eigenvalue weighted by Crippen LogP contribution is 2.36. The van der Waals surface area contributed by atoms with Gasteiger partial charge in [0.05, 0.1) is 11.5 Å². The number of non-ortho nitro benzene ring substituents is 1. The molecule has 0 fully saturated rings. The summed E-state index contributed by atoms with van der Waals surface area (Å²) in [4.78, 5) is 10.4. The number of nitro groups is 1. The molecule has 10 nitrogen and oxygen atoms in total. The smallest absolute Gasteiger partial charge is 0.421 e. The molecule has 2 rings (SSSR count). The van der Waals surface area contributed by atoms with Crippen molar-refractivity contribution in [3.05, 3.63) is 57.2 Å². The number of imidazole rings is 1. The number of aryl methyl sites for hydroxylation is 1. The number of hydrogen-bond acceptors (Lipinski definition) is 6. The van der Waals surface area contributed by atoms with Gasteiger partial charge in [-0.2, -0.15) is 26.3 Å². The maximum absolute atomic E-state index is 11.4. The van der Waals surface area contributed by atoms with Crippen LogP contribution in [-0.2, 0) is 26.6 Å². The highest BCUT2D eigenvalue weighted by atomic mass is 32.3. The van der Waals surface area contributed by atoms with Gasteiger partial charge in [0.25, 0.3) is 5.69 Å². The second-order valence-corrected chi connectivity index (χ2v) is 13.1. The van der Waals surface area contributed by atoms with Gasteiger partial charge in [0.2, 0.25) is 6.33 Å². The number of nitrogens with zero attached hydrogens (tertiary/aromatic N) is 4. The lowest BCUT2D eigenvalue weighted by molar-refractivity contribution is -0.696. The Bertz CT molecular complexity index is 1290. The maximum atomic E-state index is 11.4. The Balaban J connectivity index is 0.000000523. The molecule has 0 radical (unpaired) electrons. The van der Waals surface area contributed by atoms with Gasteiger partial charge in [-0.15, -0.1) is 0 Å². The van der Waals surface area contributed by atoms with Crippen molar-refractivity contribution in [2.45, 2.75) is 102 Å². The van der Waals surface area contributed by atoms with E-state index < -0.39 is 31.1 Å². The molecule has 0 atom stereocenters. The minimum absolute atomic E-state index is 0.125. The number of halogens is 6. The van der Waals surface area contributed by atoms with E-state index in [2.05, 4.69) is 24.0 Å². The van der Waals surface area contributed by atoms with E-state index in [-0.39, 0.29) is 10.6 Å². The molecule has 1 heterocycles. The quantitative estimate of drug-likeness (QED) is 0.0567. The van der Waals surface area contributed by atoms with Crippen LogP contribution < -0.4 is 4.57 Å². The van der Waals surface area contributed by atoms with Crippen molar-refractivity contribution in [3.63, 3.8) is 0 Å². The molecule has 1 aromatic carbocycles. The summed E-state index contributed by atoms with van der Waals surface area (Å²) in [6.07, 6.45) is 22.5. The third-order valence-corrected chi connectivity index (χ3v) is 8.84. The summed E-state index contributed by atoms with van der Waals surface area (Å²) in [5.74, 6) is 0. The van der Waals surface area contributed by atoms with Crippen LogP contribution in [0.25, 0.3) is 9.81 Å². The second-order valence-electron chi connectivity index (χ2n) is 9.64. The number of sulfonamides is 2. The van der Waals surface area contributed by atoms with Crippen LogP contribution in [0.15, 0.2) is 43.0 Å². The summed E-state index contributed by atoms with van der Waals surface area (Å²) in [7, 11) is -13.4. The number of alkyl halides is 6. The van der Waals surface area contributed by atoms with Crippen LogP contribution >= 0.6 is 0 Å². The van der Waals surface area contributed by atoms with E-state index in [0.29, 0.717) is 0 Å². The van der Waals surface area contributed by atoms with E-state index in [0.717, 1.165) is 16.4 Å². The number of aromatic nitrogens is 2. The molecule has 0 aliphatic heterocycles. The van der Waals surface area contributed by atoms with Gasteiger partial charge < -0.3 is 4.13 Å². The lowest BCUT2D eigenvalue weighted by Gasteiger charge is -2.22. The second kappa shape index (κ2) is 17.5. The zero-order chi connectivity index (χ0) is 32.7. The molecule has 18 heteroatoms.